The smallest absolute Gasteiger partial charge is 0.0794 e. The minimum absolute atomic E-state index is 0.509. The van der Waals surface area contributed by atoms with Gasteiger partial charge in [-0.3, -0.25) is 4.98 Å². The van der Waals surface area contributed by atoms with Crippen LogP contribution in [0.3, 0.4) is 0 Å². The fourth-order valence-electron chi connectivity index (χ4n) is 2.29. The van der Waals surface area contributed by atoms with Crippen molar-refractivity contribution in [3.05, 3.63) is 52.6 Å². The normalized spacial score (nSPS) is 11.6. The molecule has 0 aliphatic heterocycles. The Hall–Kier alpha value is -1.65. The van der Waals surface area contributed by atoms with Crippen molar-refractivity contribution in [2.24, 2.45) is 0 Å². The van der Waals surface area contributed by atoms with Crippen LogP contribution >= 0.6 is 11.3 Å². The molecule has 0 aliphatic rings. The van der Waals surface area contributed by atoms with Gasteiger partial charge < -0.3 is 9.88 Å². The standard InChI is InChI=1S/C16H19N3S/c1-12(2)18-8-13-3-4-14-5-6-19(16(14)7-13)10-15-9-17-11-20-15/h3-7,9,11-12,18H,8,10H2,1-2H3. The van der Waals surface area contributed by atoms with Crippen LogP contribution in [0.15, 0.2) is 42.2 Å². The summed E-state index contributed by atoms with van der Waals surface area (Å²) in [5.74, 6) is 0. The lowest BCUT2D eigenvalue weighted by atomic mass is 10.1. The van der Waals surface area contributed by atoms with E-state index in [0.29, 0.717) is 6.04 Å². The molecule has 3 rings (SSSR count). The molecule has 0 atom stereocenters. The summed E-state index contributed by atoms with van der Waals surface area (Å²) in [7, 11) is 0. The fraction of sp³-hybridized carbons (Fsp3) is 0.312. The van der Waals surface area contributed by atoms with Crippen molar-refractivity contribution in [1.29, 1.82) is 0 Å². The van der Waals surface area contributed by atoms with Gasteiger partial charge in [0.15, 0.2) is 0 Å². The predicted molar refractivity (Wildman–Crippen MR) is 85.1 cm³/mol. The minimum atomic E-state index is 0.509. The maximum Gasteiger partial charge on any atom is 0.0794 e. The molecule has 0 amide bonds. The van der Waals surface area contributed by atoms with Crippen LogP contribution in [0, 0.1) is 0 Å². The van der Waals surface area contributed by atoms with E-state index in [-0.39, 0.29) is 0 Å². The lowest BCUT2D eigenvalue weighted by Crippen LogP contribution is -2.21. The molecule has 3 aromatic rings. The summed E-state index contributed by atoms with van der Waals surface area (Å²) >= 11 is 1.70. The fourth-order valence-corrected chi connectivity index (χ4v) is 2.88. The first kappa shape index (κ1) is 13.3. The molecule has 0 spiro atoms. The number of aromatic nitrogens is 2. The summed E-state index contributed by atoms with van der Waals surface area (Å²) in [4.78, 5) is 5.43. The van der Waals surface area contributed by atoms with E-state index in [0.717, 1.165) is 13.1 Å². The van der Waals surface area contributed by atoms with Gasteiger partial charge in [0.25, 0.3) is 0 Å². The maximum absolute atomic E-state index is 4.14. The third kappa shape index (κ3) is 2.92. The number of fused-ring (bicyclic) bond motifs is 1. The van der Waals surface area contributed by atoms with Gasteiger partial charge in [0, 0.05) is 35.4 Å². The molecule has 0 unspecified atom stereocenters. The molecule has 2 heterocycles. The summed E-state index contributed by atoms with van der Waals surface area (Å²) in [6.45, 7) is 6.16. The van der Waals surface area contributed by atoms with Crippen LogP contribution in [0.5, 0.6) is 0 Å². The van der Waals surface area contributed by atoms with Gasteiger partial charge in [-0.25, -0.2) is 0 Å². The number of hydrogen-bond acceptors (Lipinski definition) is 3. The van der Waals surface area contributed by atoms with E-state index in [2.05, 4.69) is 59.2 Å². The topological polar surface area (TPSA) is 29.9 Å². The van der Waals surface area contributed by atoms with Gasteiger partial charge in [-0.05, 0) is 23.1 Å². The van der Waals surface area contributed by atoms with Crippen LogP contribution in [0.25, 0.3) is 10.9 Å². The molecule has 0 aliphatic carbocycles. The zero-order valence-electron chi connectivity index (χ0n) is 11.8. The van der Waals surface area contributed by atoms with Gasteiger partial charge in [0.2, 0.25) is 0 Å². The summed E-state index contributed by atoms with van der Waals surface area (Å²) in [5.41, 5.74) is 4.51. The highest BCUT2D eigenvalue weighted by atomic mass is 32.1. The van der Waals surface area contributed by atoms with Gasteiger partial charge in [-0.1, -0.05) is 26.0 Å². The Morgan fingerprint density at radius 3 is 2.95 bits per heavy atom. The Bertz CT molecular complexity index is 683. The Labute approximate surface area is 123 Å². The van der Waals surface area contributed by atoms with E-state index >= 15 is 0 Å². The van der Waals surface area contributed by atoms with Crippen LogP contribution in [0.1, 0.15) is 24.3 Å². The van der Waals surface area contributed by atoms with Crippen molar-refractivity contribution in [2.75, 3.05) is 0 Å². The molecular weight excluding hydrogens is 266 g/mol. The number of nitrogens with zero attached hydrogens (tertiary/aromatic N) is 2. The second-order valence-corrected chi connectivity index (χ2v) is 6.31. The third-order valence-corrected chi connectivity index (χ3v) is 4.13. The lowest BCUT2D eigenvalue weighted by Gasteiger charge is -2.09. The van der Waals surface area contributed by atoms with Gasteiger partial charge in [0.1, 0.15) is 0 Å². The van der Waals surface area contributed by atoms with Crippen molar-refractivity contribution < 1.29 is 0 Å². The zero-order valence-corrected chi connectivity index (χ0v) is 12.7. The van der Waals surface area contributed by atoms with Crippen molar-refractivity contribution >= 4 is 22.2 Å². The van der Waals surface area contributed by atoms with Gasteiger partial charge in [0.05, 0.1) is 12.1 Å². The summed E-state index contributed by atoms with van der Waals surface area (Å²) in [6, 6.07) is 9.38. The van der Waals surface area contributed by atoms with E-state index < -0.39 is 0 Å². The first-order valence-electron chi connectivity index (χ1n) is 6.91. The maximum atomic E-state index is 4.14. The number of thiazole rings is 1. The molecular formula is C16H19N3S. The van der Waals surface area contributed by atoms with Crippen LogP contribution in [0.4, 0.5) is 0 Å². The van der Waals surface area contributed by atoms with E-state index in [4.69, 9.17) is 0 Å². The van der Waals surface area contributed by atoms with E-state index in [9.17, 15) is 0 Å². The molecule has 2 aromatic heterocycles. The molecule has 104 valence electrons. The lowest BCUT2D eigenvalue weighted by molar-refractivity contribution is 0.589. The van der Waals surface area contributed by atoms with Crippen molar-refractivity contribution in [3.8, 4) is 0 Å². The second-order valence-electron chi connectivity index (χ2n) is 5.34. The molecule has 0 radical (unpaired) electrons. The highest BCUT2D eigenvalue weighted by molar-refractivity contribution is 7.09. The minimum Gasteiger partial charge on any atom is -0.342 e. The molecule has 1 N–H and O–H groups in total. The van der Waals surface area contributed by atoms with Crippen molar-refractivity contribution in [3.63, 3.8) is 0 Å². The zero-order chi connectivity index (χ0) is 13.9. The third-order valence-electron chi connectivity index (χ3n) is 3.36. The van der Waals surface area contributed by atoms with Crippen LogP contribution in [-0.2, 0) is 13.1 Å². The average molecular weight is 285 g/mol. The summed E-state index contributed by atoms with van der Waals surface area (Å²) in [6.07, 6.45) is 4.10. The first-order chi connectivity index (χ1) is 9.72. The molecule has 4 heteroatoms. The summed E-state index contributed by atoms with van der Waals surface area (Å²) in [5, 5.41) is 4.76. The Kier molecular flexibility index (Phi) is 3.85. The van der Waals surface area contributed by atoms with E-state index in [1.807, 2.05) is 11.7 Å². The highest BCUT2D eigenvalue weighted by Crippen LogP contribution is 2.20. The monoisotopic (exact) mass is 285 g/mol. The Balaban J connectivity index is 1.87. The van der Waals surface area contributed by atoms with Crippen LogP contribution in [-0.4, -0.2) is 15.6 Å². The Morgan fingerprint density at radius 2 is 2.20 bits per heavy atom. The van der Waals surface area contributed by atoms with E-state index in [1.165, 1.54) is 21.3 Å². The number of nitrogens with one attached hydrogen (secondary N) is 1. The Morgan fingerprint density at radius 1 is 1.30 bits per heavy atom. The van der Waals surface area contributed by atoms with Gasteiger partial charge in [-0.15, -0.1) is 11.3 Å². The van der Waals surface area contributed by atoms with E-state index in [1.54, 1.807) is 11.3 Å². The largest absolute Gasteiger partial charge is 0.342 e. The average Bonchev–Trinajstić information content (AvgIpc) is 3.07. The van der Waals surface area contributed by atoms with Crippen LogP contribution in [0.2, 0.25) is 0 Å². The molecule has 0 fully saturated rings. The molecule has 0 saturated heterocycles. The molecule has 0 saturated carbocycles. The van der Waals surface area contributed by atoms with Gasteiger partial charge >= 0.3 is 0 Å². The second kappa shape index (κ2) is 5.77. The van der Waals surface area contributed by atoms with Gasteiger partial charge in [-0.2, -0.15) is 0 Å². The molecule has 3 nitrogen and oxygen atoms in total. The molecule has 0 bridgehead atoms. The quantitative estimate of drug-likeness (QED) is 0.775. The number of rotatable bonds is 5. The first-order valence-corrected chi connectivity index (χ1v) is 7.79. The molecule has 20 heavy (non-hydrogen) atoms. The predicted octanol–water partition coefficient (Wildman–Crippen LogP) is 3.64. The number of benzene rings is 1. The van der Waals surface area contributed by atoms with Crippen molar-refractivity contribution in [2.45, 2.75) is 33.0 Å². The molecule has 1 aromatic carbocycles. The number of hydrogen-bond donors (Lipinski definition) is 1. The SMILES string of the molecule is CC(C)NCc1ccc2ccn(Cc3cncs3)c2c1. The summed E-state index contributed by atoms with van der Waals surface area (Å²) < 4.78 is 2.29. The van der Waals surface area contributed by atoms with Crippen molar-refractivity contribution in [1.82, 2.24) is 14.9 Å². The van der Waals surface area contributed by atoms with Crippen LogP contribution < -0.4 is 5.32 Å². The highest BCUT2D eigenvalue weighted by Gasteiger charge is 2.04.